The van der Waals surface area contributed by atoms with Crippen molar-refractivity contribution in [3.05, 3.63) is 42.7 Å². The Hall–Kier alpha value is -3.80. The second-order valence-electron chi connectivity index (χ2n) is 12.4. The van der Waals surface area contributed by atoms with Crippen molar-refractivity contribution in [2.24, 2.45) is 10.8 Å². The van der Waals surface area contributed by atoms with Crippen LogP contribution in [0.25, 0.3) is 0 Å². The van der Waals surface area contributed by atoms with Crippen LogP contribution in [-0.4, -0.2) is 208 Å². The first-order chi connectivity index (χ1) is 26.9. The standard InChI is InChI=1S/2C11H23O6.2C7H14O4.3Rf/c2*1-15-7-10(13)3-2-5-16-8-11(14)9-17-6-4-12;2*1-10-5-7(3-8,4-9)6-11-2;;;/h2*10-14H,1-9H2;2*8-9H,1-6H2;;;/q2*-1;2*-2;;;. The van der Waals surface area contributed by atoms with Crippen molar-refractivity contribution in [1.29, 1.82) is 0 Å². The molecule has 0 bridgehead atoms. The number of aliphatic hydroxyl groups excluding tert-OH is 10. The van der Waals surface area contributed by atoms with Crippen LogP contribution in [0.5, 0.6) is 0 Å². The molecule has 0 rings (SSSR count). The molecule has 0 amide bonds. The third-order valence-electron chi connectivity index (χ3n) is 6.96. The number of aliphatic hydroxyl groups is 10. The summed E-state index contributed by atoms with van der Waals surface area (Å²) in [5.74, 6) is 0. The van der Waals surface area contributed by atoms with Gasteiger partial charge in [-0.25, -0.2) is 42.7 Å². The normalized spacial score (nSPS) is 13.0. The molecule has 4 unspecified atom stereocenters. The first-order valence-electron chi connectivity index (χ1n) is 17.8. The number of hydrogen-bond donors (Lipinski definition) is 10. The minimum atomic E-state index is -0.774. The van der Waals surface area contributed by atoms with E-state index >= 15 is 0 Å². The molecule has 0 fully saturated rings. The van der Waals surface area contributed by atoms with Gasteiger partial charge in [0.2, 0.25) is 0 Å². The molecule has 59 heavy (non-hydrogen) atoms. The van der Waals surface area contributed by atoms with E-state index in [1.807, 2.05) is 0 Å². The van der Waals surface area contributed by atoms with Gasteiger partial charge in [-0.3, -0.25) is 0 Å². The van der Waals surface area contributed by atoms with E-state index in [0.717, 1.165) is 0 Å². The Balaban J connectivity index is -0.000000123. The molecule has 0 aliphatic heterocycles. The molecule has 4 atom stereocenters. The molecule has 0 aliphatic carbocycles. The van der Waals surface area contributed by atoms with E-state index in [1.54, 1.807) is 0 Å². The Labute approximate surface area is 334 Å². The largest absolute Gasteiger partial charge is 0.554 e. The summed E-state index contributed by atoms with van der Waals surface area (Å²) in [5.41, 5.74) is -1.55. The number of hydrogen-bond acceptors (Lipinski definition) is 20. The van der Waals surface area contributed by atoms with Gasteiger partial charge in [-0.2, -0.15) is 0 Å². The van der Waals surface area contributed by atoms with Gasteiger partial charge in [0, 0.05) is 52.9 Å². The molecule has 0 saturated carbocycles. The molecule has 0 radical (unpaired) electrons. The van der Waals surface area contributed by atoms with Crippen LogP contribution in [-0.2, 0) is 47.4 Å². The maximum Gasteiger partial charge on any atom is 0.101 e. The van der Waals surface area contributed by atoms with Gasteiger partial charge >= 0.3 is 0 Å². The average molecular weight is 1630 g/mol. The zero-order chi connectivity index (χ0) is 43.4. The summed E-state index contributed by atoms with van der Waals surface area (Å²) in [6.07, 6.45) is 0.120. The monoisotopic (exact) mass is 1630 g/mol. The molecule has 0 spiro atoms. The third kappa shape index (κ3) is 46.8. The summed E-state index contributed by atoms with van der Waals surface area (Å²) in [6, 6.07) is 0. The van der Waals surface area contributed by atoms with E-state index in [9.17, 15) is 20.4 Å². The summed E-state index contributed by atoms with van der Waals surface area (Å²) < 4.78 is 47.6. The van der Waals surface area contributed by atoms with Crippen LogP contribution in [0.1, 0.15) is 25.7 Å². The summed E-state index contributed by atoms with van der Waals surface area (Å²) in [7, 11) is 18.9. The van der Waals surface area contributed by atoms with E-state index in [-0.39, 0.29) is 119 Å². The number of ether oxygens (including phenoxy) is 10. The molecule has 0 heterocycles. The molecular formula is C36H74O20Rf3-6. The summed E-state index contributed by atoms with van der Waals surface area (Å²) >= 11 is 0. The Kier molecular flexibility index (Phi) is 61.8. The Morgan fingerprint density at radius 2 is 0.610 bits per heavy atom. The van der Waals surface area contributed by atoms with Crippen LogP contribution < -0.4 is 0 Å². The van der Waals surface area contributed by atoms with E-state index in [4.69, 9.17) is 49.6 Å². The molecule has 10 N–H and O–H groups in total. The topological polar surface area (TPSA) is 295 Å². The van der Waals surface area contributed by atoms with Crippen molar-refractivity contribution >= 4 is 0 Å². The second kappa shape index (κ2) is 52.2. The minimum absolute atomic E-state index is 0. The van der Waals surface area contributed by atoms with Crippen LogP contribution in [0.4, 0.5) is 0 Å². The van der Waals surface area contributed by atoms with Crippen LogP contribution in [0.2, 0.25) is 0 Å². The molecule has 350 valence electrons. The second-order valence-corrected chi connectivity index (χ2v) is 12.4. The predicted octanol–water partition coefficient (Wildman–Crippen LogP) is -2.21. The molecule has 20 nitrogen and oxygen atoms in total. The first-order valence-corrected chi connectivity index (χ1v) is 17.8. The van der Waals surface area contributed by atoms with Crippen LogP contribution >= 0.6 is 0 Å². The average Bonchev–Trinajstić information content (AvgIpc) is 3.18. The fourth-order valence-corrected chi connectivity index (χ4v) is 3.80. The summed E-state index contributed by atoms with van der Waals surface area (Å²) in [5, 5.41) is 89.6. The smallest absolute Gasteiger partial charge is 0.101 e. The summed E-state index contributed by atoms with van der Waals surface area (Å²) in [6.45, 7) is 2.11. The summed E-state index contributed by atoms with van der Waals surface area (Å²) in [4.78, 5) is 0. The maximum absolute atomic E-state index is 9.36. The zero-order valence-corrected chi connectivity index (χ0v) is 54.4. The van der Waals surface area contributed by atoms with Gasteiger partial charge in [-0.05, 0) is 25.7 Å². The van der Waals surface area contributed by atoms with E-state index < -0.39 is 35.2 Å². The van der Waals surface area contributed by atoms with E-state index in [0.29, 0.717) is 38.9 Å². The van der Waals surface area contributed by atoms with Crippen LogP contribution in [0.3, 0.4) is 0 Å². The van der Waals surface area contributed by atoms with Crippen molar-refractivity contribution in [2.45, 2.75) is 50.1 Å². The van der Waals surface area contributed by atoms with Gasteiger partial charge < -0.3 is 98.4 Å². The van der Waals surface area contributed by atoms with Gasteiger partial charge in [0.05, 0.1) is 102 Å². The first kappa shape index (κ1) is 69.8. The van der Waals surface area contributed by atoms with Gasteiger partial charge in [0.15, 0.2) is 0 Å². The molecule has 0 saturated heterocycles. The Bertz CT molecular complexity index is 663. The minimum Gasteiger partial charge on any atom is -0.554 e. The quantitative estimate of drug-likeness (QED) is 0.0235. The van der Waals surface area contributed by atoms with Crippen molar-refractivity contribution in [2.75, 3.05) is 132 Å². The predicted molar refractivity (Wildman–Crippen MR) is 201 cm³/mol. The van der Waals surface area contributed by atoms with Crippen LogP contribution in [0.15, 0.2) is 0 Å². The zero-order valence-electron chi connectivity index (χ0n) is 35.2. The van der Waals surface area contributed by atoms with Crippen molar-refractivity contribution < 1.29 is 98.4 Å². The Morgan fingerprint density at radius 3 is 0.814 bits per heavy atom. The van der Waals surface area contributed by atoms with Crippen molar-refractivity contribution in [1.82, 2.24) is 0 Å². The molecule has 0 aromatic heterocycles. The van der Waals surface area contributed by atoms with Crippen molar-refractivity contribution in [3.8, 4) is 0 Å². The fourth-order valence-electron chi connectivity index (χ4n) is 3.80. The molecular weight excluding hydrogens is 1550 g/mol. The molecule has 0 aromatic rings. The maximum atomic E-state index is 9.36. The van der Waals surface area contributed by atoms with E-state index in [1.165, 1.54) is 0 Å². The number of rotatable bonds is 36. The van der Waals surface area contributed by atoms with Gasteiger partial charge in [0.25, 0.3) is 0 Å². The SMILES string of the molecule is [CH2-]OCC(CO)(CO)CO[CH2-].[CH2-]OCC(CO)(CO)CO[CH2-].[CH2-]OCC(O)CCCOCC(O)COCCO.[CH2-]OCC(O)CCCOCC(O)COCCO.[Rf].[Rf].[Rf]. The van der Waals surface area contributed by atoms with Gasteiger partial charge in [0.1, 0.15) is 12.2 Å². The third-order valence-corrected chi connectivity index (χ3v) is 6.96. The molecule has 0 aliphatic rings. The van der Waals surface area contributed by atoms with Crippen molar-refractivity contribution in [3.63, 3.8) is 0 Å². The Morgan fingerprint density at radius 1 is 0.356 bits per heavy atom. The van der Waals surface area contributed by atoms with Gasteiger partial charge in [-0.15, -0.1) is 0 Å². The van der Waals surface area contributed by atoms with Crippen LogP contribution in [0, 0.1) is 53.5 Å². The fraction of sp³-hybridized carbons (Fsp3) is 0.833. The van der Waals surface area contributed by atoms with Gasteiger partial charge in [-0.1, -0.05) is 0 Å². The molecule has 23 heteroatoms. The molecule has 0 aromatic carbocycles. The van der Waals surface area contributed by atoms with E-state index in [2.05, 4.69) is 71.1 Å².